The molecule has 0 aromatic heterocycles. The first-order chi connectivity index (χ1) is 8.17. The van der Waals surface area contributed by atoms with E-state index in [1.165, 1.54) is 4.90 Å². The van der Waals surface area contributed by atoms with Crippen molar-refractivity contribution in [1.29, 1.82) is 0 Å². The van der Waals surface area contributed by atoms with Crippen LogP contribution in [-0.4, -0.2) is 54.1 Å². The maximum absolute atomic E-state index is 12.1. The lowest BCUT2D eigenvalue weighted by Crippen LogP contribution is -2.57. The molecule has 1 N–H and O–H groups in total. The van der Waals surface area contributed by atoms with Gasteiger partial charge >= 0.3 is 6.03 Å². The maximum atomic E-state index is 12.1. The Labute approximate surface area is 114 Å². The number of hydrogen-bond donors (Lipinski definition) is 1. The summed E-state index contributed by atoms with van der Waals surface area (Å²) in [6, 6.07) is -0.287. The third-order valence-electron chi connectivity index (χ3n) is 2.64. The van der Waals surface area contributed by atoms with Gasteiger partial charge in [0, 0.05) is 29.3 Å². The van der Waals surface area contributed by atoms with Crippen molar-refractivity contribution in [2.75, 3.05) is 23.8 Å². The highest BCUT2D eigenvalue weighted by Gasteiger charge is 2.36. The Morgan fingerprint density at radius 2 is 2.06 bits per heavy atom. The molecule has 1 saturated heterocycles. The molecule has 0 aromatic carbocycles. The van der Waals surface area contributed by atoms with Crippen LogP contribution in [0.3, 0.4) is 0 Å². The van der Waals surface area contributed by atoms with Gasteiger partial charge in [-0.1, -0.05) is 6.92 Å². The molecular weight excluding hydrogens is 272 g/mol. The summed E-state index contributed by atoms with van der Waals surface area (Å²) >= 11 is 1.58. The Hall–Kier alpha value is -0.430. The minimum atomic E-state index is -3.23. The van der Waals surface area contributed by atoms with E-state index in [2.05, 4.69) is 5.32 Å². The van der Waals surface area contributed by atoms with Crippen LogP contribution in [0.5, 0.6) is 0 Å². The first-order valence-electron chi connectivity index (χ1n) is 6.05. The van der Waals surface area contributed by atoms with Crippen LogP contribution in [0.25, 0.3) is 0 Å². The normalized spacial score (nSPS) is 21.8. The monoisotopic (exact) mass is 294 g/mol. The molecule has 1 fully saturated rings. The summed E-state index contributed by atoms with van der Waals surface area (Å²) in [4.78, 5) is 13.6. The van der Waals surface area contributed by atoms with Gasteiger partial charge in [-0.3, -0.25) is 0 Å². The topological polar surface area (TPSA) is 66.5 Å². The van der Waals surface area contributed by atoms with E-state index in [0.29, 0.717) is 12.3 Å². The maximum Gasteiger partial charge on any atom is 0.318 e. The zero-order valence-electron chi connectivity index (χ0n) is 11.4. The fraction of sp³-hybridized carbons (Fsp3) is 0.909. The number of hydrogen-bond acceptors (Lipinski definition) is 4. The molecule has 2 amide bonds. The fourth-order valence-electron chi connectivity index (χ4n) is 1.70. The molecule has 1 heterocycles. The predicted octanol–water partition coefficient (Wildman–Crippen LogP) is 1.30. The molecule has 0 saturated carbocycles. The Kier molecular flexibility index (Phi) is 4.94. The van der Waals surface area contributed by atoms with Crippen molar-refractivity contribution in [3.8, 4) is 0 Å². The van der Waals surface area contributed by atoms with Gasteiger partial charge < -0.3 is 10.2 Å². The summed E-state index contributed by atoms with van der Waals surface area (Å²) in [5.74, 6) is 1.32. The molecule has 0 aromatic rings. The first kappa shape index (κ1) is 15.6. The third kappa shape index (κ3) is 4.05. The van der Waals surface area contributed by atoms with E-state index in [1.807, 2.05) is 20.8 Å². The van der Waals surface area contributed by atoms with E-state index < -0.39 is 15.2 Å². The average Bonchev–Trinajstić information content (AvgIpc) is 2.27. The molecule has 106 valence electrons. The van der Waals surface area contributed by atoms with E-state index in [9.17, 15) is 13.2 Å². The van der Waals surface area contributed by atoms with Crippen LogP contribution in [0.1, 0.15) is 27.7 Å². The Morgan fingerprint density at radius 1 is 1.44 bits per heavy atom. The summed E-state index contributed by atoms with van der Waals surface area (Å²) in [5.41, 5.74) is -0.359. The van der Waals surface area contributed by atoms with Crippen molar-refractivity contribution in [1.82, 2.24) is 10.2 Å². The lowest BCUT2D eigenvalue weighted by atomic mass is 10.1. The van der Waals surface area contributed by atoms with E-state index >= 15 is 0 Å². The number of urea groups is 1. The fourth-order valence-corrected chi connectivity index (χ4v) is 4.66. The van der Waals surface area contributed by atoms with Gasteiger partial charge in [0.25, 0.3) is 0 Å². The Morgan fingerprint density at radius 3 is 2.56 bits per heavy atom. The van der Waals surface area contributed by atoms with E-state index in [1.54, 1.807) is 18.7 Å². The molecule has 1 aliphatic rings. The van der Waals surface area contributed by atoms with Gasteiger partial charge in [-0.25, -0.2) is 13.2 Å². The molecule has 7 heteroatoms. The zero-order valence-corrected chi connectivity index (χ0v) is 13.0. The lowest BCUT2D eigenvalue weighted by Gasteiger charge is -2.36. The van der Waals surface area contributed by atoms with Crippen LogP contribution in [0.2, 0.25) is 0 Å². The van der Waals surface area contributed by atoms with Crippen molar-refractivity contribution in [3.63, 3.8) is 0 Å². The van der Waals surface area contributed by atoms with Crippen LogP contribution in [-0.2, 0) is 9.84 Å². The van der Waals surface area contributed by atoms with Crippen molar-refractivity contribution in [3.05, 3.63) is 0 Å². The van der Waals surface area contributed by atoms with Gasteiger partial charge in [-0.15, -0.1) is 0 Å². The molecule has 0 radical (unpaired) electrons. The van der Waals surface area contributed by atoms with E-state index in [0.717, 1.165) is 5.75 Å². The average molecular weight is 294 g/mol. The molecule has 0 bridgehead atoms. The van der Waals surface area contributed by atoms with Crippen LogP contribution in [0, 0.1) is 0 Å². The summed E-state index contributed by atoms with van der Waals surface area (Å²) in [6.07, 6.45) is 0. The number of nitrogens with zero attached hydrogens (tertiary/aromatic N) is 1. The Bertz CT molecular complexity index is 401. The first-order valence-corrected chi connectivity index (χ1v) is 8.92. The summed E-state index contributed by atoms with van der Waals surface area (Å²) < 4.78 is 24.0. The smallest absolute Gasteiger partial charge is 0.318 e. The molecule has 1 atom stereocenters. The number of sulfone groups is 1. The summed E-state index contributed by atoms with van der Waals surface area (Å²) in [6.45, 7) is 7.75. The van der Waals surface area contributed by atoms with Gasteiger partial charge in [0.05, 0.1) is 0 Å². The number of amides is 2. The quantitative estimate of drug-likeness (QED) is 0.834. The Balaban J connectivity index is 2.87. The van der Waals surface area contributed by atoms with Gasteiger partial charge in [-0.05, 0) is 20.8 Å². The van der Waals surface area contributed by atoms with Crippen molar-refractivity contribution in [2.24, 2.45) is 0 Å². The molecule has 0 aliphatic carbocycles. The minimum Gasteiger partial charge on any atom is -0.333 e. The summed E-state index contributed by atoms with van der Waals surface area (Å²) in [7, 11) is -3.23. The van der Waals surface area contributed by atoms with Crippen LogP contribution in [0.15, 0.2) is 0 Å². The van der Waals surface area contributed by atoms with Gasteiger partial charge in [-0.2, -0.15) is 11.8 Å². The second-order valence-corrected chi connectivity index (χ2v) is 8.95. The molecule has 1 aliphatic heterocycles. The molecule has 0 spiro atoms. The number of nitrogens with one attached hydrogen (secondary N) is 1. The minimum absolute atomic E-state index is 0.0670. The third-order valence-corrected chi connectivity index (χ3v) is 5.93. The van der Waals surface area contributed by atoms with Crippen LogP contribution >= 0.6 is 11.8 Å². The van der Waals surface area contributed by atoms with Gasteiger partial charge in [0.2, 0.25) is 0 Å². The SMILES string of the molecule is CCS(=O)(=O)C1CSCCN1C(=O)NC(C)(C)C. The van der Waals surface area contributed by atoms with Crippen molar-refractivity contribution in [2.45, 2.75) is 38.6 Å². The van der Waals surface area contributed by atoms with Crippen LogP contribution < -0.4 is 5.32 Å². The number of rotatable bonds is 2. The summed E-state index contributed by atoms with van der Waals surface area (Å²) in [5, 5.41) is 2.14. The van der Waals surface area contributed by atoms with E-state index in [4.69, 9.17) is 0 Å². The number of thioether (sulfide) groups is 1. The molecule has 1 rings (SSSR count). The molecule has 5 nitrogen and oxygen atoms in total. The largest absolute Gasteiger partial charge is 0.333 e. The molecule has 18 heavy (non-hydrogen) atoms. The second kappa shape index (κ2) is 5.69. The standard InChI is InChI=1S/C11H22N2O3S2/c1-5-18(15,16)9-8-17-7-6-13(9)10(14)12-11(2,3)4/h9H,5-8H2,1-4H3,(H,12,14). The number of carbonyl (C=O) groups excluding carboxylic acids is 1. The highest BCUT2D eigenvalue weighted by molar-refractivity contribution is 8.01. The second-order valence-electron chi connectivity index (χ2n) is 5.35. The highest BCUT2D eigenvalue weighted by Crippen LogP contribution is 2.21. The van der Waals surface area contributed by atoms with Gasteiger partial charge in [0.15, 0.2) is 9.84 Å². The predicted molar refractivity (Wildman–Crippen MR) is 75.6 cm³/mol. The highest BCUT2D eigenvalue weighted by atomic mass is 32.2. The molecular formula is C11H22N2O3S2. The van der Waals surface area contributed by atoms with Crippen LogP contribution in [0.4, 0.5) is 4.79 Å². The van der Waals surface area contributed by atoms with E-state index in [-0.39, 0.29) is 17.3 Å². The zero-order chi connectivity index (χ0) is 14.0. The van der Waals surface area contributed by atoms with Crippen molar-refractivity contribution < 1.29 is 13.2 Å². The van der Waals surface area contributed by atoms with Gasteiger partial charge in [0.1, 0.15) is 5.37 Å². The van der Waals surface area contributed by atoms with Crippen molar-refractivity contribution >= 4 is 27.6 Å². The number of carbonyl (C=O) groups is 1. The molecule has 1 unspecified atom stereocenters. The lowest BCUT2D eigenvalue weighted by molar-refractivity contribution is 0.187.